The Hall–Kier alpha value is -1.24. The van der Waals surface area contributed by atoms with E-state index in [-0.39, 0.29) is 11.8 Å². The van der Waals surface area contributed by atoms with Gasteiger partial charge in [-0.15, -0.1) is 0 Å². The number of aliphatic carboxylic acids is 1. The smallest absolute Gasteiger partial charge is 0.327 e. The van der Waals surface area contributed by atoms with Crippen molar-refractivity contribution in [2.45, 2.75) is 25.8 Å². The normalized spacial score (nSPS) is 11.7. The van der Waals surface area contributed by atoms with Crippen LogP contribution in [0, 0.1) is 0 Å². The summed E-state index contributed by atoms with van der Waals surface area (Å²) < 4.78 is 0. The van der Waals surface area contributed by atoms with Gasteiger partial charge in [0.05, 0.1) is 0 Å². The third kappa shape index (κ3) is 7.94. The van der Waals surface area contributed by atoms with Crippen LogP contribution in [0.1, 0.15) is 19.8 Å². The summed E-state index contributed by atoms with van der Waals surface area (Å²) >= 11 is 1.42. The van der Waals surface area contributed by atoms with Gasteiger partial charge in [0.25, 0.3) is 0 Å². The lowest BCUT2D eigenvalue weighted by atomic mass is 10.3. The molecule has 0 aromatic carbocycles. The fraction of sp³-hybridized carbons (Fsp3) is 0.727. The molecule has 1 atom stereocenters. The van der Waals surface area contributed by atoms with Crippen molar-refractivity contribution in [3.05, 3.63) is 0 Å². The Kier molecular flexibility index (Phi) is 8.19. The molecule has 0 heterocycles. The van der Waals surface area contributed by atoms with Gasteiger partial charge in [0.15, 0.2) is 0 Å². The number of hydrogen-bond donors (Lipinski definition) is 2. The second-order valence-electron chi connectivity index (χ2n) is 4.06. The van der Waals surface area contributed by atoms with E-state index < -0.39 is 12.0 Å². The summed E-state index contributed by atoms with van der Waals surface area (Å²) in [5.74, 6) is -0.325. The van der Waals surface area contributed by atoms with Gasteiger partial charge < -0.3 is 15.3 Å². The molecule has 18 heavy (non-hydrogen) atoms. The van der Waals surface area contributed by atoms with Crippen LogP contribution in [0.25, 0.3) is 0 Å². The summed E-state index contributed by atoms with van der Waals surface area (Å²) in [5, 5.41) is 11.2. The van der Waals surface area contributed by atoms with Crippen LogP contribution in [0.2, 0.25) is 0 Å². The van der Waals surface area contributed by atoms with Crippen molar-refractivity contribution in [1.82, 2.24) is 10.2 Å². The van der Waals surface area contributed by atoms with Crippen molar-refractivity contribution in [3.63, 3.8) is 0 Å². The molecule has 0 spiro atoms. The van der Waals surface area contributed by atoms with Gasteiger partial charge in [-0.1, -0.05) is 0 Å². The Bertz CT molecular complexity index is 307. The van der Waals surface area contributed by atoms with Crippen molar-refractivity contribution >= 4 is 29.5 Å². The molecule has 0 fully saturated rings. The molecule has 0 aliphatic carbocycles. The topological polar surface area (TPSA) is 86.7 Å². The Morgan fingerprint density at radius 1 is 1.33 bits per heavy atom. The van der Waals surface area contributed by atoms with Crippen molar-refractivity contribution in [2.24, 2.45) is 0 Å². The van der Waals surface area contributed by atoms with Gasteiger partial charge in [-0.2, -0.15) is 11.8 Å². The van der Waals surface area contributed by atoms with Crippen LogP contribution in [0.15, 0.2) is 0 Å². The van der Waals surface area contributed by atoms with E-state index in [0.29, 0.717) is 24.3 Å². The molecule has 0 bridgehead atoms. The van der Waals surface area contributed by atoms with E-state index in [1.807, 2.05) is 0 Å². The minimum Gasteiger partial charge on any atom is -0.480 e. The zero-order valence-electron chi connectivity index (χ0n) is 10.9. The molecule has 0 rings (SSSR count). The van der Waals surface area contributed by atoms with Crippen LogP contribution < -0.4 is 5.32 Å². The fourth-order valence-electron chi connectivity index (χ4n) is 1.17. The van der Waals surface area contributed by atoms with Crippen LogP contribution in [-0.2, 0) is 14.4 Å². The number of thioether (sulfide) groups is 1. The molecular weight excluding hydrogens is 256 g/mol. The Labute approximate surface area is 111 Å². The first kappa shape index (κ1) is 16.8. The summed E-state index contributed by atoms with van der Waals surface area (Å²) in [6, 6.07) is -0.864. The lowest BCUT2D eigenvalue weighted by molar-refractivity contribution is -0.140. The summed E-state index contributed by atoms with van der Waals surface area (Å²) in [6.45, 7) is 1.29. The lowest BCUT2D eigenvalue weighted by Crippen LogP contribution is -2.41. The molecule has 0 radical (unpaired) electrons. The standard InChI is InChI=1S/C11H20N2O4S/c1-8(14)12-9(11(16)17)7-18-6-4-5-10(15)13(2)3/h9H,4-7H2,1-3H3,(H,12,14)(H,16,17). The number of nitrogens with one attached hydrogen (secondary N) is 1. The minimum absolute atomic E-state index is 0.0623. The van der Waals surface area contributed by atoms with E-state index >= 15 is 0 Å². The molecule has 104 valence electrons. The molecular formula is C11H20N2O4S. The van der Waals surface area contributed by atoms with Crippen molar-refractivity contribution in [1.29, 1.82) is 0 Å². The van der Waals surface area contributed by atoms with E-state index in [4.69, 9.17) is 5.11 Å². The van der Waals surface area contributed by atoms with Crippen LogP contribution in [0.4, 0.5) is 0 Å². The number of rotatable bonds is 8. The molecule has 0 aromatic heterocycles. The average molecular weight is 276 g/mol. The predicted octanol–water partition coefficient (Wildman–Crippen LogP) is 0.177. The van der Waals surface area contributed by atoms with Crippen LogP contribution >= 0.6 is 11.8 Å². The molecule has 0 aliphatic rings. The molecule has 1 unspecified atom stereocenters. The van der Waals surface area contributed by atoms with Crippen molar-refractivity contribution in [3.8, 4) is 0 Å². The highest BCUT2D eigenvalue weighted by Crippen LogP contribution is 2.08. The quantitative estimate of drug-likeness (QED) is 0.617. The fourth-order valence-corrected chi connectivity index (χ4v) is 2.15. The van der Waals surface area contributed by atoms with Gasteiger partial charge in [0, 0.05) is 33.2 Å². The third-order valence-electron chi connectivity index (χ3n) is 2.14. The summed E-state index contributed by atoms with van der Waals surface area (Å²) in [5.41, 5.74) is 0. The summed E-state index contributed by atoms with van der Waals surface area (Å²) in [7, 11) is 3.40. The molecule has 2 amide bonds. The molecule has 0 saturated carbocycles. The second kappa shape index (κ2) is 8.79. The summed E-state index contributed by atoms with van der Waals surface area (Å²) in [4.78, 5) is 34.4. The van der Waals surface area contributed by atoms with Gasteiger partial charge in [0.1, 0.15) is 6.04 Å². The van der Waals surface area contributed by atoms with Crippen LogP contribution in [0.3, 0.4) is 0 Å². The number of carbonyl (C=O) groups excluding carboxylic acids is 2. The lowest BCUT2D eigenvalue weighted by Gasteiger charge is -2.13. The van der Waals surface area contributed by atoms with Crippen LogP contribution in [0.5, 0.6) is 0 Å². The Balaban J connectivity index is 3.77. The number of nitrogens with zero attached hydrogens (tertiary/aromatic N) is 1. The van der Waals surface area contributed by atoms with Gasteiger partial charge >= 0.3 is 5.97 Å². The van der Waals surface area contributed by atoms with E-state index in [2.05, 4.69) is 5.32 Å². The minimum atomic E-state index is -1.04. The molecule has 2 N–H and O–H groups in total. The largest absolute Gasteiger partial charge is 0.480 e. The zero-order valence-corrected chi connectivity index (χ0v) is 11.7. The van der Waals surface area contributed by atoms with Crippen LogP contribution in [-0.4, -0.2) is 59.4 Å². The molecule has 0 aliphatic heterocycles. The van der Waals surface area contributed by atoms with Gasteiger partial charge in [-0.3, -0.25) is 9.59 Å². The maximum Gasteiger partial charge on any atom is 0.327 e. The second-order valence-corrected chi connectivity index (χ2v) is 5.21. The van der Waals surface area contributed by atoms with E-state index in [1.54, 1.807) is 14.1 Å². The Morgan fingerprint density at radius 3 is 2.39 bits per heavy atom. The Morgan fingerprint density at radius 2 is 1.94 bits per heavy atom. The van der Waals surface area contributed by atoms with E-state index in [1.165, 1.54) is 23.6 Å². The van der Waals surface area contributed by atoms with Gasteiger partial charge in [-0.25, -0.2) is 4.79 Å². The highest BCUT2D eigenvalue weighted by Gasteiger charge is 2.17. The number of carboxylic acid groups (broad SMARTS) is 1. The van der Waals surface area contributed by atoms with Crippen molar-refractivity contribution in [2.75, 3.05) is 25.6 Å². The zero-order chi connectivity index (χ0) is 14.1. The van der Waals surface area contributed by atoms with E-state index in [0.717, 1.165) is 0 Å². The summed E-state index contributed by atoms with van der Waals surface area (Å²) in [6.07, 6.45) is 1.16. The first-order valence-corrected chi connectivity index (χ1v) is 6.78. The average Bonchev–Trinajstić information content (AvgIpc) is 2.25. The number of carboxylic acids is 1. The SMILES string of the molecule is CC(=O)NC(CSCCCC(=O)N(C)C)C(=O)O. The number of hydrogen-bond acceptors (Lipinski definition) is 4. The highest BCUT2D eigenvalue weighted by molar-refractivity contribution is 7.99. The maximum absolute atomic E-state index is 11.3. The molecule has 0 saturated heterocycles. The van der Waals surface area contributed by atoms with Gasteiger partial charge in [0.2, 0.25) is 11.8 Å². The first-order chi connectivity index (χ1) is 8.34. The maximum atomic E-state index is 11.3. The van der Waals surface area contributed by atoms with Gasteiger partial charge in [-0.05, 0) is 12.2 Å². The first-order valence-electron chi connectivity index (χ1n) is 5.62. The van der Waals surface area contributed by atoms with Crippen molar-refractivity contribution < 1.29 is 19.5 Å². The predicted molar refractivity (Wildman–Crippen MR) is 70.5 cm³/mol. The van der Waals surface area contributed by atoms with E-state index in [9.17, 15) is 14.4 Å². The molecule has 6 nitrogen and oxygen atoms in total. The molecule has 7 heteroatoms. The molecule has 0 aromatic rings. The number of amides is 2. The highest BCUT2D eigenvalue weighted by atomic mass is 32.2. The third-order valence-corrected chi connectivity index (χ3v) is 3.28. The number of carbonyl (C=O) groups is 3. The monoisotopic (exact) mass is 276 g/mol.